The zero-order valence-electron chi connectivity index (χ0n) is 10.5. The monoisotopic (exact) mass is 276 g/mol. The van der Waals surface area contributed by atoms with Crippen LogP contribution in [0.3, 0.4) is 0 Å². The third kappa shape index (κ3) is 3.02. The van der Waals surface area contributed by atoms with Gasteiger partial charge in [-0.15, -0.1) is 0 Å². The van der Waals surface area contributed by atoms with Crippen LogP contribution < -0.4 is 29.6 Å². The largest absolute Gasteiger partial charge is 1.00 e. The van der Waals surface area contributed by atoms with E-state index in [1.165, 1.54) is 12.1 Å². The molecule has 90 valence electrons. The number of hydrogen-bond donors (Lipinski definition) is 1. The van der Waals surface area contributed by atoms with E-state index < -0.39 is 16.3 Å². The van der Waals surface area contributed by atoms with Crippen molar-refractivity contribution in [1.29, 1.82) is 0 Å². The first-order chi connectivity index (χ1) is 8.00. The molecule has 0 amide bonds. The second kappa shape index (κ2) is 5.71. The summed E-state index contributed by atoms with van der Waals surface area (Å²) in [4.78, 5) is 10.2. The molecule has 0 aliphatic rings. The number of rotatable bonds is 2. The summed E-state index contributed by atoms with van der Waals surface area (Å²) in [7, 11) is -4.29. The van der Waals surface area contributed by atoms with Crippen molar-refractivity contribution in [2.75, 3.05) is 0 Å². The standard InChI is InChI=1S/C11H8O5S.Na.H/c12-11(13)16-17(14,15)10-7-3-5-8-4-1-2-6-9(8)10;;/h1-7H,(H,12,13);;/q;+1;-1. The van der Waals surface area contributed by atoms with Gasteiger partial charge in [0.25, 0.3) is 0 Å². The summed E-state index contributed by atoms with van der Waals surface area (Å²) in [6.45, 7) is 0. The van der Waals surface area contributed by atoms with E-state index >= 15 is 0 Å². The van der Waals surface area contributed by atoms with E-state index in [0.717, 1.165) is 0 Å². The van der Waals surface area contributed by atoms with E-state index in [1.807, 2.05) is 0 Å². The van der Waals surface area contributed by atoms with Crippen LogP contribution in [-0.2, 0) is 14.3 Å². The Hall–Kier alpha value is -1.08. The molecule has 5 nitrogen and oxygen atoms in total. The number of carboxylic acid groups (broad SMARTS) is 1. The van der Waals surface area contributed by atoms with Gasteiger partial charge in [0.2, 0.25) is 0 Å². The molecule has 2 aromatic rings. The van der Waals surface area contributed by atoms with Gasteiger partial charge in [0, 0.05) is 5.39 Å². The summed E-state index contributed by atoms with van der Waals surface area (Å²) in [6.07, 6.45) is -1.85. The zero-order valence-corrected chi connectivity index (χ0v) is 12.3. The number of carbonyl (C=O) groups is 1. The number of benzene rings is 2. The maximum absolute atomic E-state index is 11.7. The molecule has 0 heterocycles. The summed E-state index contributed by atoms with van der Waals surface area (Å²) in [6, 6.07) is 11.3. The second-order valence-electron chi connectivity index (χ2n) is 3.28. The molecule has 0 spiro atoms. The third-order valence-corrected chi connectivity index (χ3v) is 3.46. The molecular weight excluding hydrogens is 267 g/mol. The van der Waals surface area contributed by atoms with E-state index in [4.69, 9.17) is 5.11 Å². The van der Waals surface area contributed by atoms with Gasteiger partial charge in [0.15, 0.2) is 0 Å². The van der Waals surface area contributed by atoms with Gasteiger partial charge in [-0.2, -0.15) is 8.42 Å². The molecule has 0 fully saturated rings. The zero-order chi connectivity index (χ0) is 12.5. The average molecular weight is 276 g/mol. The minimum Gasteiger partial charge on any atom is -1.00 e. The van der Waals surface area contributed by atoms with Crippen molar-refractivity contribution in [1.82, 2.24) is 0 Å². The van der Waals surface area contributed by atoms with E-state index in [9.17, 15) is 13.2 Å². The first-order valence-electron chi connectivity index (χ1n) is 4.66. The Labute approximate surface area is 127 Å². The van der Waals surface area contributed by atoms with Crippen LogP contribution in [0.5, 0.6) is 0 Å². The van der Waals surface area contributed by atoms with E-state index in [-0.39, 0.29) is 35.9 Å². The van der Waals surface area contributed by atoms with Crippen molar-refractivity contribution in [3.8, 4) is 0 Å². The molecule has 0 aliphatic heterocycles. The maximum Gasteiger partial charge on any atom is 1.00 e. The third-order valence-electron chi connectivity index (χ3n) is 2.20. The molecule has 18 heavy (non-hydrogen) atoms. The topological polar surface area (TPSA) is 80.7 Å². The van der Waals surface area contributed by atoms with Gasteiger partial charge in [-0.1, -0.05) is 36.4 Å². The van der Waals surface area contributed by atoms with Gasteiger partial charge in [-0.3, -0.25) is 0 Å². The van der Waals surface area contributed by atoms with Gasteiger partial charge in [-0.25, -0.2) is 4.79 Å². The van der Waals surface area contributed by atoms with Crippen LogP contribution in [0.25, 0.3) is 10.8 Å². The number of hydrogen-bond acceptors (Lipinski definition) is 4. The quantitative estimate of drug-likeness (QED) is 0.582. The Morgan fingerprint density at radius 1 is 1.11 bits per heavy atom. The SMILES string of the molecule is O=C(O)OS(=O)(=O)c1cccc2ccccc12.[H-].[Na+]. The summed E-state index contributed by atoms with van der Waals surface area (Å²) in [5.41, 5.74) is 0. The van der Waals surface area contributed by atoms with Crippen molar-refractivity contribution >= 4 is 27.0 Å². The van der Waals surface area contributed by atoms with Crippen molar-refractivity contribution in [3.63, 3.8) is 0 Å². The molecule has 1 N–H and O–H groups in total. The Kier molecular flexibility index (Phi) is 4.75. The summed E-state index contributed by atoms with van der Waals surface area (Å²) in [5.74, 6) is 0. The molecule has 0 saturated carbocycles. The molecule has 7 heteroatoms. The van der Waals surface area contributed by atoms with Crippen LogP contribution in [-0.4, -0.2) is 19.7 Å². The summed E-state index contributed by atoms with van der Waals surface area (Å²) in [5, 5.41) is 9.51. The van der Waals surface area contributed by atoms with Gasteiger partial charge < -0.3 is 10.7 Å². The minimum absolute atomic E-state index is 0. The van der Waals surface area contributed by atoms with E-state index in [2.05, 4.69) is 4.18 Å². The van der Waals surface area contributed by atoms with Crippen molar-refractivity contribution in [2.45, 2.75) is 4.90 Å². The molecule has 0 radical (unpaired) electrons. The van der Waals surface area contributed by atoms with Crippen molar-refractivity contribution < 1.29 is 53.5 Å². The predicted molar refractivity (Wildman–Crippen MR) is 61.4 cm³/mol. The van der Waals surface area contributed by atoms with Crippen LogP contribution >= 0.6 is 0 Å². The molecule has 0 unspecified atom stereocenters. The van der Waals surface area contributed by atoms with Crippen LogP contribution in [0.15, 0.2) is 47.4 Å². The molecule has 0 aromatic heterocycles. The van der Waals surface area contributed by atoms with Crippen LogP contribution in [0, 0.1) is 0 Å². The van der Waals surface area contributed by atoms with Crippen molar-refractivity contribution in [3.05, 3.63) is 42.5 Å². The molecule has 0 saturated heterocycles. The minimum atomic E-state index is -4.29. The Bertz CT molecular complexity index is 681. The molecule has 0 atom stereocenters. The molecule has 2 rings (SSSR count). The van der Waals surface area contributed by atoms with Gasteiger partial charge in [0.05, 0.1) is 0 Å². The first kappa shape index (κ1) is 15.0. The first-order valence-corrected chi connectivity index (χ1v) is 6.07. The van der Waals surface area contributed by atoms with Gasteiger partial charge in [-0.05, 0) is 11.5 Å². The van der Waals surface area contributed by atoms with Crippen molar-refractivity contribution in [2.24, 2.45) is 0 Å². The van der Waals surface area contributed by atoms with Gasteiger partial charge in [0.1, 0.15) is 4.90 Å². The van der Waals surface area contributed by atoms with Crippen LogP contribution in [0.2, 0.25) is 0 Å². The summed E-state index contributed by atoms with van der Waals surface area (Å²) >= 11 is 0. The maximum atomic E-state index is 11.7. The molecule has 2 aromatic carbocycles. The Morgan fingerprint density at radius 3 is 2.39 bits per heavy atom. The second-order valence-corrected chi connectivity index (χ2v) is 4.80. The van der Waals surface area contributed by atoms with Crippen LogP contribution in [0.1, 0.15) is 1.43 Å². The van der Waals surface area contributed by atoms with Gasteiger partial charge >= 0.3 is 45.8 Å². The Morgan fingerprint density at radius 2 is 1.72 bits per heavy atom. The molecule has 0 bridgehead atoms. The van der Waals surface area contributed by atoms with E-state index in [0.29, 0.717) is 10.8 Å². The smallest absolute Gasteiger partial charge is 1.00 e. The van der Waals surface area contributed by atoms with E-state index in [1.54, 1.807) is 30.3 Å². The average Bonchev–Trinajstić information content (AvgIpc) is 2.26. The molecule has 0 aliphatic carbocycles. The fourth-order valence-electron chi connectivity index (χ4n) is 1.55. The molecular formula is C11H9NaO5S. The Balaban J connectivity index is 0.00000162. The fourth-order valence-corrected chi connectivity index (χ4v) is 2.53. The predicted octanol–water partition coefficient (Wildman–Crippen LogP) is -0.660. The number of fused-ring (bicyclic) bond motifs is 1. The van der Waals surface area contributed by atoms with Crippen LogP contribution in [0.4, 0.5) is 4.79 Å². The fraction of sp³-hybridized carbons (Fsp3) is 0. The summed E-state index contributed by atoms with van der Waals surface area (Å²) < 4.78 is 27.2. The normalized spacial score (nSPS) is 10.7.